The van der Waals surface area contributed by atoms with Crippen LogP contribution in [0.3, 0.4) is 0 Å². The molecule has 0 nitrogen and oxygen atoms in total. The van der Waals surface area contributed by atoms with E-state index in [0.717, 1.165) is 49.4 Å². The molecule has 0 aliphatic rings. The first kappa shape index (κ1) is 76.4. The van der Waals surface area contributed by atoms with Crippen molar-refractivity contribution in [3.8, 4) is 111 Å². The molecule has 0 atom stereocenters. The molecule has 25 aromatic carbocycles. The van der Waals surface area contributed by atoms with E-state index in [4.69, 9.17) is 0 Å². The number of rotatable bonds is 10. The number of hydrogen-bond acceptors (Lipinski definition) is 0. The lowest BCUT2D eigenvalue weighted by molar-refractivity contribution is 0.643. The van der Waals surface area contributed by atoms with Crippen LogP contribution in [0.1, 0.15) is 5.56 Å². The Kier molecular flexibility index (Phi) is 19.5. The van der Waals surface area contributed by atoms with Crippen LogP contribution in [0.5, 0.6) is 0 Å². The van der Waals surface area contributed by atoms with Gasteiger partial charge in [0.2, 0.25) is 0 Å². The largest absolute Gasteiger partial charge is 0.206 e. The van der Waals surface area contributed by atoms with E-state index in [9.17, 15) is 0 Å². The van der Waals surface area contributed by atoms with Gasteiger partial charge in [-0.15, -0.1) is 0 Å². The number of benzene rings is 25. The maximum absolute atomic E-state index is 17.1. The summed E-state index contributed by atoms with van der Waals surface area (Å²) in [6.07, 6.45) is 0. The van der Waals surface area contributed by atoms with Gasteiger partial charge in [-0.1, -0.05) is 436 Å². The molecule has 0 aromatic heterocycles. The first-order chi connectivity index (χ1) is 63.3. The van der Waals surface area contributed by atoms with Gasteiger partial charge in [0, 0.05) is 16.5 Å². The van der Waals surface area contributed by atoms with Gasteiger partial charge in [0.05, 0.1) is 0 Å². The highest BCUT2D eigenvalue weighted by Gasteiger charge is 2.25. The Morgan fingerprint density at radius 2 is 0.359 bits per heavy atom. The summed E-state index contributed by atoms with van der Waals surface area (Å²) in [5, 5.41) is 28.6. The predicted molar refractivity (Wildman–Crippen MR) is 548 cm³/mol. The minimum atomic E-state index is -0.190. The predicted octanol–water partition coefficient (Wildman–Crippen LogP) is 36.0. The zero-order chi connectivity index (χ0) is 85.1. The second-order valence-corrected chi connectivity index (χ2v) is 33.8. The van der Waals surface area contributed by atoms with E-state index in [1.807, 2.05) is 36.4 Å². The molecule has 0 bridgehead atoms. The first-order valence-corrected chi connectivity index (χ1v) is 44.2. The minimum Gasteiger partial charge on any atom is -0.206 e. The van der Waals surface area contributed by atoms with Gasteiger partial charge in [-0.3, -0.25) is 0 Å². The van der Waals surface area contributed by atoms with Gasteiger partial charge >= 0.3 is 0 Å². The molecule has 0 radical (unpaired) electrons. The van der Waals surface area contributed by atoms with E-state index in [2.05, 4.69) is 456 Å². The molecule has 0 aliphatic carbocycles. The molecule has 0 saturated heterocycles. The zero-order valence-electron chi connectivity index (χ0n) is 70.6. The van der Waals surface area contributed by atoms with E-state index in [-0.39, 0.29) is 5.82 Å². The third-order valence-corrected chi connectivity index (χ3v) is 26.2. The fourth-order valence-electron chi connectivity index (χ4n) is 20.0. The van der Waals surface area contributed by atoms with Crippen LogP contribution in [0.25, 0.3) is 241 Å². The summed E-state index contributed by atoms with van der Waals surface area (Å²) in [5.74, 6) is -0.190. The van der Waals surface area contributed by atoms with E-state index in [0.29, 0.717) is 10.9 Å². The molecule has 0 saturated carbocycles. The summed E-state index contributed by atoms with van der Waals surface area (Å²) in [4.78, 5) is 0. The topological polar surface area (TPSA) is 0 Å². The highest BCUT2D eigenvalue weighted by molar-refractivity contribution is 6.26. The molecule has 25 aromatic rings. The minimum absolute atomic E-state index is 0.190. The fraction of sp³-hybridized carbons (Fsp3) is 0.00787. The quantitative estimate of drug-likeness (QED) is 0.120. The van der Waals surface area contributed by atoms with Crippen molar-refractivity contribution < 1.29 is 4.39 Å². The summed E-state index contributed by atoms with van der Waals surface area (Å²) in [5.41, 5.74) is 24.3. The lowest BCUT2D eigenvalue weighted by Crippen LogP contribution is -1.95. The highest BCUT2D eigenvalue weighted by Crippen LogP contribution is 2.51. The van der Waals surface area contributed by atoms with Crippen LogP contribution in [0.15, 0.2) is 485 Å². The molecule has 598 valence electrons. The van der Waals surface area contributed by atoms with E-state index < -0.39 is 0 Å². The Morgan fingerprint density at radius 3 is 0.719 bits per heavy atom. The molecular formula is C127H83F. The van der Waals surface area contributed by atoms with E-state index >= 15 is 4.39 Å². The Hall–Kier alpha value is -16.5. The molecule has 0 N–H and O–H groups in total. The Labute approximate surface area is 743 Å². The summed E-state index contributed by atoms with van der Waals surface area (Å²) in [7, 11) is 0. The second-order valence-electron chi connectivity index (χ2n) is 33.8. The Balaban J connectivity index is 0.000000110. The maximum atomic E-state index is 17.1. The lowest BCUT2D eigenvalue weighted by Gasteiger charge is -2.20. The van der Waals surface area contributed by atoms with Crippen molar-refractivity contribution in [2.75, 3.05) is 0 Å². The number of hydrogen-bond donors (Lipinski definition) is 0. The Bertz CT molecular complexity index is 8700. The summed E-state index contributed by atoms with van der Waals surface area (Å²) < 4.78 is 17.1. The van der Waals surface area contributed by atoms with E-state index in [1.54, 1.807) is 0 Å². The molecule has 1 heteroatoms. The van der Waals surface area contributed by atoms with Crippen molar-refractivity contribution in [3.63, 3.8) is 0 Å². The van der Waals surface area contributed by atoms with Gasteiger partial charge in [-0.05, 0) is 286 Å². The molecule has 0 heterocycles. The summed E-state index contributed by atoms with van der Waals surface area (Å²) in [6, 6.07) is 175. The van der Waals surface area contributed by atoms with Crippen LogP contribution in [0, 0.1) is 12.7 Å². The van der Waals surface area contributed by atoms with Crippen molar-refractivity contribution in [1.29, 1.82) is 0 Å². The van der Waals surface area contributed by atoms with Crippen molar-refractivity contribution in [1.82, 2.24) is 0 Å². The number of aryl methyl sites for hydroxylation is 1. The van der Waals surface area contributed by atoms with Crippen molar-refractivity contribution >= 4 is 129 Å². The van der Waals surface area contributed by atoms with Gasteiger partial charge in [0.15, 0.2) is 0 Å². The van der Waals surface area contributed by atoms with Gasteiger partial charge in [-0.25, -0.2) is 4.39 Å². The monoisotopic (exact) mass is 1630 g/mol. The molecule has 25 rings (SSSR count). The smallest absolute Gasteiger partial charge is 0.139 e. The van der Waals surface area contributed by atoms with Crippen molar-refractivity contribution in [2.45, 2.75) is 6.92 Å². The number of fused-ring (bicyclic) bond motifs is 12. The molecule has 0 fully saturated rings. The summed E-state index contributed by atoms with van der Waals surface area (Å²) >= 11 is 0. The maximum Gasteiger partial charge on any atom is 0.139 e. The molecule has 0 aliphatic heterocycles. The highest BCUT2D eigenvalue weighted by atomic mass is 19.1. The fourth-order valence-corrected chi connectivity index (χ4v) is 20.0. The number of halogens is 1. The van der Waals surface area contributed by atoms with Gasteiger partial charge in [0.1, 0.15) is 5.82 Å². The zero-order valence-corrected chi connectivity index (χ0v) is 70.6. The summed E-state index contributed by atoms with van der Waals surface area (Å²) in [6.45, 7) is 2.14. The SMILES string of the molecule is Cc1ccc(-c2ccc3c(-c4ccc5ccccc5c4)c4ccccc4c(-c4ccc5ccccc5c4)c3c2)cc1.Fc1c(-c2ccccc2)ccc2c(-c3ccc4ccccc4c3)c3ccccc3c(-c3ccc4ccccc4c3)c12.c1ccc(-c2cccc(-c3ccc4c(-c5ccc6ccccc6c5)c5ccccc5c(-c5ccc6ccccc6c5)c4c3)c2)cc1. The average molecular weight is 1630 g/mol. The molecule has 128 heavy (non-hydrogen) atoms. The normalized spacial score (nSPS) is 11.5. The van der Waals surface area contributed by atoms with Crippen molar-refractivity contribution in [3.05, 3.63) is 497 Å². The molecule has 0 amide bonds. The van der Waals surface area contributed by atoms with Crippen LogP contribution >= 0.6 is 0 Å². The van der Waals surface area contributed by atoms with Crippen LogP contribution in [-0.4, -0.2) is 0 Å². The van der Waals surface area contributed by atoms with Crippen LogP contribution in [0.2, 0.25) is 0 Å². The van der Waals surface area contributed by atoms with Crippen LogP contribution in [0.4, 0.5) is 4.39 Å². The van der Waals surface area contributed by atoms with Gasteiger partial charge < -0.3 is 0 Å². The third-order valence-electron chi connectivity index (χ3n) is 26.2. The standard InChI is InChI=1S/C46H30.C41H28.C40H25F/c1-2-11-31(12-3-1)36-17-10-18-37(27-36)38-25-26-43-44(30-38)46(40-24-22-33-14-5-7-16-35(33)29-40)42-20-9-8-19-41(42)45(43)39-23-21-32-13-4-6-15-34(32)28-39;1-27-14-16-30(17-15-27)33-22-23-38-39(26-33)41(35-21-19-29-9-3-5-11-32(29)25-35)37-13-7-6-12-36(37)40(38)34-20-18-28-8-2-4-10-31(28)24-34;41-40-33(28-12-2-1-3-13-28)22-23-36-37(31-20-18-26-10-4-6-14-29(26)24-31)34-16-8-9-17-35(34)38(39(36)40)32-21-19-27-11-5-7-15-30(27)25-32/h1-30H;2-26H,1H3;1-25H. The van der Waals surface area contributed by atoms with Crippen molar-refractivity contribution in [2.24, 2.45) is 0 Å². The molecule has 0 unspecified atom stereocenters. The van der Waals surface area contributed by atoms with E-state index in [1.165, 1.54) is 186 Å². The second kappa shape index (κ2) is 32.7. The van der Waals surface area contributed by atoms with Crippen LogP contribution in [-0.2, 0) is 0 Å². The Morgan fingerprint density at radius 1 is 0.133 bits per heavy atom. The first-order valence-electron chi connectivity index (χ1n) is 44.2. The molecular weight excluding hydrogens is 1540 g/mol. The third kappa shape index (κ3) is 14.0. The van der Waals surface area contributed by atoms with Crippen LogP contribution < -0.4 is 0 Å². The van der Waals surface area contributed by atoms with Gasteiger partial charge in [0.25, 0.3) is 0 Å². The molecule has 0 spiro atoms. The lowest BCUT2D eigenvalue weighted by atomic mass is 9.84. The average Bonchev–Trinajstić information content (AvgIpc) is 0.723. The van der Waals surface area contributed by atoms with Gasteiger partial charge in [-0.2, -0.15) is 0 Å².